The van der Waals surface area contributed by atoms with Crippen molar-refractivity contribution in [3.63, 3.8) is 0 Å². The first-order chi connectivity index (χ1) is 8.43. The number of halogens is 3. The van der Waals surface area contributed by atoms with Crippen LogP contribution in [0.5, 0.6) is 0 Å². The molecule has 1 aromatic rings. The zero-order chi connectivity index (χ0) is 13.3. The van der Waals surface area contributed by atoms with E-state index < -0.39 is 11.7 Å². The van der Waals surface area contributed by atoms with Crippen LogP contribution < -0.4 is 10.2 Å². The van der Waals surface area contributed by atoms with Gasteiger partial charge in [-0.05, 0) is 44.1 Å². The van der Waals surface area contributed by atoms with Gasteiger partial charge >= 0.3 is 6.18 Å². The minimum absolute atomic E-state index is 0.288. The number of hydrogen-bond donors (Lipinski definition) is 1. The number of fused-ring (bicyclic) bond motifs is 1. The van der Waals surface area contributed by atoms with Gasteiger partial charge in [-0.2, -0.15) is 13.2 Å². The highest BCUT2D eigenvalue weighted by Crippen LogP contribution is 2.37. The monoisotopic (exact) mass is 258 g/mol. The van der Waals surface area contributed by atoms with Crippen LogP contribution in [-0.4, -0.2) is 26.7 Å². The van der Waals surface area contributed by atoms with E-state index in [1.807, 2.05) is 19.0 Å². The predicted molar refractivity (Wildman–Crippen MR) is 65.9 cm³/mol. The number of likely N-dealkylation sites (N-methyl/N-ethyl adjacent to an activating group) is 1. The Kier molecular flexibility index (Phi) is 3.52. The SMILES string of the molecule is CNCCC1Cc2ccc(C(F)(F)F)cc2N1C. The van der Waals surface area contributed by atoms with Gasteiger partial charge < -0.3 is 10.2 Å². The van der Waals surface area contributed by atoms with Gasteiger partial charge in [0.2, 0.25) is 0 Å². The Balaban J connectivity index is 2.22. The van der Waals surface area contributed by atoms with E-state index in [1.54, 1.807) is 6.07 Å². The molecule has 0 saturated heterocycles. The summed E-state index contributed by atoms with van der Waals surface area (Å²) in [6.07, 6.45) is -2.51. The first-order valence-electron chi connectivity index (χ1n) is 6.01. The number of hydrogen-bond acceptors (Lipinski definition) is 2. The molecule has 1 aliphatic heterocycles. The van der Waals surface area contributed by atoms with Crippen molar-refractivity contribution < 1.29 is 13.2 Å². The molecule has 0 amide bonds. The van der Waals surface area contributed by atoms with Crippen LogP contribution in [-0.2, 0) is 12.6 Å². The third-order valence-electron chi connectivity index (χ3n) is 3.52. The Morgan fingerprint density at radius 3 is 2.72 bits per heavy atom. The van der Waals surface area contributed by atoms with Crippen molar-refractivity contribution in [3.05, 3.63) is 29.3 Å². The van der Waals surface area contributed by atoms with Gasteiger partial charge in [0.1, 0.15) is 0 Å². The summed E-state index contributed by atoms with van der Waals surface area (Å²) in [6.45, 7) is 0.870. The molecular formula is C13H17F3N2. The summed E-state index contributed by atoms with van der Waals surface area (Å²) in [6, 6.07) is 4.33. The summed E-state index contributed by atoms with van der Waals surface area (Å²) < 4.78 is 38.0. The van der Waals surface area contributed by atoms with Crippen LogP contribution in [0.1, 0.15) is 17.5 Å². The fraction of sp³-hybridized carbons (Fsp3) is 0.538. The third kappa shape index (κ3) is 2.46. The molecule has 1 atom stereocenters. The molecular weight excluding hydrogens is 241 g/mol. The van der Waals surface area contributed by atoms with Gasteiger partial charge in [-0.25, -0.2) is 0 Å². The van der Waals surface area contributed by atoms with Crippen molar-refractivity contribution in [2.75, 3.05) is 25.5 Å². The second-order valence-electron chi connectivity index (χ2n) is 4.70. The van der Waals surface area contributed by atoms with Gasteiger partial charge in [0.25, 0.3) is 0 Å². The Bertz CT molecular complexity index is 429. The molecule has 0 radical (unpaired) electrons. The predicted octanol–water partition coefficient (Wildman–Crippen LogP) is 2.68. The second-order valence-corrected chi connectivity index (χ2v) is 4.70. The fourth-order valence-electron chi connectivity index (χ4n) is 2.44. The first kappa shape index (κ1) is 13.2. The van der Waals surface area contributed by atoms with Crippen molar-refractivity contribution >= 4 is 5.69 Å². The fourth-order valence-corrected chi connectivity index (χ4v) is 2.44. The highest BCUT2D eigenvalue weighted by Gasteiger charge is 2.33. The van der Waals surface area contributed by atoms with E-state index >= 15 is 0 Å². The minimum atomic E-state index is -4.26. The molecule has 1 heterocycles. The van der Waals surface area contributed by atoms with Crippen LogP contribution in [0.3, 0.4) is 0 Å². The normalized spacial score (nSPS) is 19.2. The van der Waals surface area contributed by atoms with Crippen LogP contribution in [0.4, 0.5) is 18.9 Å². The van der Waals surface area contributed by atoms with Crippen molar-refractivity contribution in [1.29, 1.82) is 0 Å². The number of nitrogens with zero attached hydrogens (tertiary/aromatic N) is 1. The van der Waals surface area contributed by atoms with Gasteiger partial charge in [0.05, 0.1) is 5.56 Å². The average molecular weight is 258 g/mol. The number of rotatable bonds is 3. The molecule has 1 N–H and O–H groups in total. The van der Waals surface area contributed by atoms with E-state index in [1.165, 1.54) is 12.1 Å². The Morgan fingerprint density at radius 2 is 2.11 bits per heavy atom. The molecule has 0 spiro atoms. The zero-order valence-electron chi connectivity index (χ0n) is 10.5. The van der Waals surface area contributed by atoms with Crippen LogP contribution in [0.25, 0.3) is 0 Å². The molecule has 0 aliphatic carbocycles. The summed E-state index contributed by atoms with van der Waals surface area (Å²) in [7, 11) is 3.75. The number of anilines is 1. The van der Waals surface area contributed by atoms with E-state index in [-0.39, 0.29) is 6.04 Å². The lowest BCUT2D eigenvalue weighted by Gasteiger charge is -2.23. The lowest BCUT2D eigenvalue weighted by Crippen LogP contribution is -2.30. The first-order valence-corrected chi connectivity index (χ1v) is 6.01. The van der Waals surface area contributed by atoms with Gasteiger partial charge in [0.15, 0.2) is 0 Å². The van der Waals surface area contributed by atoms with E-state index in [0.29, 0.717) is 5.69 Å². The maximum Gasteiger partial charge on any atom is 0.416 e. The van der Waals surface area contributed by atoms with Crippen LogP contribution in [0, 0.1) is 0 Å². The Hall–Kier alpha value is -1.23. The lowest BCUT2D eigenvalue weighted by atomic mass is 10.1. The molecule has 1 aromatic carbocycles. The molecule has 2 nitrogen and oxygen atoms in total. The summed E-state index contributed by atoms with van der Waals surface area (Å²) in [5.41, 5.74) is 1.15. The third-order valence-corrected chi connectivity index (χ3v) is 3.52. The Labute approximate surface area is 105 Å². The van der Waals surface area contributed by atoms with E-state index in [0.717, 1.165) is 24.9 Å². The number of nitrogens with one attached hydrogen (secondary N) is 1. The van der Waals surface area contributed by atoms with Crippen molar-refractivity contribution in [2.45, 2.75) is 25.1 Å². The van der Waals surface area contributed by atoms with E-state index in [2.05, 4.69) is 5.32 Å². The maximum atomic E-state index is 12.7. The minimum Gasteiger partial charge on any atom is -0.371 e. The molecule has 0 aromatic heterocycles. The highest BCUT2D eigenvalue weighted by molar-refractivity contribution is 5.60. The van der Waals surface area contributed by atoms with Crippen LogP contribution >= 0.6 is 0 Å². The van der Waals surface area contributed by atoms with E-state index in [9.17, 15) is 13.2 Å². The van der Waals surface area contributed by atoms with Crippen molar-refractivity contribution in [3.8, 4) is 0 Å². The number of benzene rings is 1. The Morgan fingerprint density at radius 1 is 1.39 bits per heavy atom. The van der Waals surface area contributed by atoms with Gasteiger partial charge in [0, 0.05) is 18.8 Å². The highest BCUT2D eigenvalue weighted by atomic mass is 19.4. The summed E-state index contributed by atoms with van der Waals surface area (Å²) >= 11 is 0. The molecule has 2 rings (SSSR count). The quantitative estimate of drug-likeness (QED) is 0.896. The molecule has 1 unspecified atom stereocenters. The standard InChI is InChI=1S/C13H17F3N2/c1-17-6-5-11-7-9-3-4-10(13(14,15)16)8-12(9)18(11)2/h3-4,8,11,17H,5-7H2,1-2H3. The molecule has 0 bridgehead atoms. The average Bonchev–Trinajstić information content (AvgIpc) is 2.62. The summed E-state index contributed by atoms with van der Waals surface area (Å²) in [4.78, 5) is 1.96. The van der Waals surface area contributed by atoms with Gasteiger partial charge in [-0.3, -0.25) is 0 Å². The largest absolute Gasteiger partial charge is 0.416 e. The molecule has 18 heavy (non-hydrogen) atoms. The lowest BCUT2D eigenvalue weighted by molar-refractivity contribution is -0.137. The molecule has 100 valence electrons. The second kappa shape index (κ2) is 4.80. The smallest absolute Gasteiger partial charge is 0.371 e. The summed E-state index contributed by atoms with van der Waals surface area (Å²) in [5.74, 6) is 0. The maximum absolute atomic E-state index is 12.7. The molecule has 0 fully saturated rings. The number of alkyl halides is 3. The zero-order valence-corrected chi connectivity index (χ0v) is 10.5. The van der Waals surface area contributed by atoms with Crippen LogP contribution in [0.15, 0.2) is 18.2 Å². The molecule has 1 aliphatic rings. The van der Waals surface area contributed by atoms with E-state index in [4.69, 9.17) is 0 Å². The van der Waals surface area contributed by atoms with Gasteiger partial charge in [-0.1, -0.05) is 6.07 Å². The van der Waals surface area contributed by atoms with Crippen molar-refractivity contribution in [2.24, 2.45) is 0 Å². The van der Waals surface area contributed by atoms with Crippen LogP contribution in [0.2, 0.25) is 0 Å². The summed E-state index contributed by atoms with van der Waals surface area (Å²) in [5, 5.41) is 3.07. The van der Waals surface area contributed by atoms with Crippen molar-refractivity contribution in [1.82, 2.24) is 5.32 Å². The topological polar surface area (TPSA) is 15.3 Å². The molecule has 5 heteroatoms. The molecule has 0 saturated carbocycles. The van der Waals surface area contributed by atoms with Gasteiger partial charge in [-0.15, -0.1) is 0 Å².